The highest BCUT2D eigenvalue weighted by Crippen LogP contribution is 2.24. The Bertz CT molecular complexity index is 957. The molecule has 0 spiro atoms. The van der Waals surface area contributed by atoms with Gasteiger partial charge in [-0.15, -0.1) is 11.3 Å². The molecule has 1 heterocycles. The Balaban J connectivity index is 1.81. The molecule has 2 aromatic carbocycles. The van der Waals surface area contributed by atoms with Crippen LogP contribution in [-0.4, -0.2) is 16.8 Å². The van der Waals surface area contributed by atoms with Gasteiger partial charge in [0.1, 0.15) is 0 Å². The second-order valence-corrected chi connectivity index (χ2v) is 7.06. The number of amides is 1. The molecule has 2 N–H and O–H groups in total. The zero-order chi connectivity index (χ0) is 18.5. The van der Waals surface area contributed by atoms with Crippen LogP contribution in [0.4, 0.5) is 5.69 Å². The molecule has 0 aliphatic carbocycles. The van der Waals surface area contributed by atoms with Gasteiger partial charge in [-0.2, -0.15) is 0 Å². The van der Waals surface area contributed by atoms with Crippen LogP contribution in [-0.2, 0) is 0 Å². The van der Waals surface area contributed by atoms with Gasteiger partial charge in [-0.05, 0) is 41.9 Å². The molecular weight excluding hydrogens is 388 g/mol. The van der Waals surface area contributed by atoms with Gasteiger partial charge in [-0.25, -0.2) is 0 Å². The maximum Gasteiger partial charge on any atom is 0.267 e. The summed E-state index contributed by atoms with van der Waals surface area (Å²) in [7, 11) is 0. The number of thiocarbonyl (C=S) groups is 1. The number of halogens is 1. The minimum absolute atomic E-state index is 0.104. The maximum absolute atomic E-state index is 12.8. The number of hydrogen-bond donors (Lipinski definition) is 2. The zero-order valence-corrected chi connectivity index (χ0v) is 15.8. The molecule has 3 rings (SSSR count). The van der Waals surface area contributed by atoms with E-state index in [2.05, 4.69) is 10.6 Å². The van der Waals surface area contributed by atoms with E-state index in [4.69, 9.17) is 23.8 Å². The van der Waals surface area contributed by atoms with E-state index in [1.54, 1.807) is 60.0 Å². The number of hydrogen-bond acceptors (Lipinski definition) is 4. The molecule has 0 saturated heterocycles. The van der Waals surface area contributed by atoms with E-state index in [9.17, 15) is 9.59 Å². The Hall–Kier alpha value is -2.54. The van der Waals surface area contributed by atoms with Gasteiger partial charge < -0.3 is 5.32 Å². The van der Waals surface area contributed by atoms with Crippen LogP contribution in [0.25, 0.3) is 0 Å². The molecule has 1 amide bonds. The van der Waals surface area contributed by atoms with Crippen molar-refractivity contribution in [1.82, 2.24) is 5.32 Å². The van der Waals surface area contributed by atoms with Crippen molar-refractivity contribution in [2.45, 2.75) is 0 Å². The minimum atomic E-state index is -0.303. The summed E-state index contributed by atoms with van der Waals surface area (Å²) in [6.45, 7) is 0. The largest absolute Gasteiger partial charge is 0.332 e. The topological polar surface area (TPSA) is 58.2 Å². The average Bonchev–Trinajstić information content (AvgIpc) is 3.18. The van der Waals surface area contributed by atoms with Crippen LogP contribution in [0.2, 0.25) is 5.02 Å². The van der Waals surface area contributed by atoms with Crippen LogP contribution >= 0.6 is 35.2 Å². The van der Waals surface area contributed by atoms with Crippen LogP contribution in [0.3, 0.4) is 0 Å². The SMILES string of the molecule is O=C(NC(=S)Nc1ccc(Cl)cc1C(=O)c1ccccc1)c1cccs1. The molecule has 0 unspecified atom stereocenters. The van der Waals surface area contributed by atoms with Gasteiger partial charge in [-0.3, -0.25) is 14.9 Å². The number of carbonyl (C=O) groups excluding carboxylic acids is 2. The Morgan fingerprint density at radius 1 is 1.00 bits per heavy atom. The third-order valence-corrected chi connectivity index (χ3v) is 4.79. The maximum atomic E-state index is 12.8. The molecule has 4 nitrogen and oxygen atoms in total. The van der Waals surface area contributed by atoms with Gasteiger partial charge >= 0.3 is 0 Å². The smallest absolute Gasteiger partial charge is 0.267 e. The normalized spacial score (nSPS) is 10.2. The van der Waals surface area contributed by atoms with E-state index in [1.165, 1.54) is 11.3 Å². The molecule has 0 aliphatic rings. The highest BCUT2D eigenvalue weighted by molar-refractivity contribution is 7.80. The highest BCUT2D eigenvalue weighted by Gasteiger charge is 2.16. The second-order valence-electron chi connectivity index (χ2n) is 5.27. The number of benzene rings is 2. The number of rotatable bonds is 4. The Morgan fingerprint density at radius 3 is 2.46 bits per heavy atom. The third-order valence-electron chi connectivity index (χ3n) is 3.48. The monoisotopic (exact) mass is 400 g/mol. The van der Waals surface area contributed by atoms with Crippen molar-refractivity contribution in [2.24, 2.45) is 0 Å². The quantitative estimate of drug-likeness (QED) is 0.489. The molecule has 3 aromatic rings. The first kappa shape index (κ1) is 18.3. The average molecular weight is 401 g/mol. The van der Waals surface area contributed by atoms with Crippen molar-refractivity contribution in [3.63, 3.8) is 0 Å². The van der Waals surface area contributed by atoms with Crippen molar-refractivity contribution < 1.29 is 9.59 Å². The van der Waals surface area contributed by atoms with Gasteiger partial charge in [0.05, 0.1) is 10.6 Å². The van der Waals surface area contributed by atoms with E-state index in [0.29, 0.717) is 26.7 Å². The first-order valence-electron chi connectivity index (χ1n) is 7.60. The number of ketones is 1. The fourth-order valence-electron chi connectivity index (χ4n) is 2.28. The molecule has 1 aromatic heterocycles. The van der Waals surface area contributed by atoms with Crippen molar-refractivity contribution in [3.05, 3.63) is 87.1 Å². The van der Waals surface area contributed by atoms with Gasteiger partial charge in [0, 0.05) is 16.1 Å². The summed E-state index contributed by atoms with van der Waals surface area (Å²) in [4.78, 5) is 25.4. The van der Waals surface area contributed by atoms with Crippen molar-refractivity contribution in [2.75, 3.05) is 5.32 Å². The first-order valence-corrected chi connectivity index (χ1v) is 9.26. The Kier molecular flexibility index (Phi) is 5.78. The van der Waals surface area contributed by atoms with Crippen LogP contribution in [0.15, 0.2) is 66.0 Å². The summed E-state index contributed by atoms with van der Waals surface area (Å²) in [5, 5.41) is 7.85. The van der Waals surface area contributed by atoms with Crippen LogP contribution in [0.5, 0.6) is 0 Å². The standard InChI is InChI=1S/C19H13ClN2O2S2/c20-13-8-9-15(14(11-13)17(23)12-5-2-1-3-6-12)21-19(25)22-18(24)16-7-4-10-26-16/h1-11H,(H2,21,22,24,25). The highest BCUT2D eigenvalue weighted by atomic mass is 35.5. The lowest BCUT2D eigenvalue weighted by Gasteiger charge is -2.13. The fraction of sp³-hybridized carbons (Fsp3) is 0. The number of nitrogens with one attached hydrogen (secondary N) is 2. The van der Waals surface area contributed by atoms with E-state index >= 15 is 0 Å². The van der Waals surface area contributed by atoms with Gasteiger partial charge in [0.2, 0.25) is 0 Å². The summed E-state index contributed by atoms with van der Waals surface area (Å²) in [5.74, 6) is -0.495. The number of thiophene rings is 1. The lowest BCUT2D eigenvalue weighted by atomic mass is 10.0. The van der Waals surface area contributed by atoms with E-state index < -0.39 is 0 Å². The van der Waals surface area contributed by atoms with Gasteiger partial charge in [-0.1, -0.05) is 48.0 Å². The molecule has 26 heavy (non-hydrogen) atoms. The number of anilines is 1. The molecule has 0 saturated carbocycles. The summed E-state index contributed by atoms with van der Waals surface area (Å²) in [6.07, 6.45) is 0. The molecule has 0 aliphatic heterocycles. The summed E-state index contributed by atoms with van der Waals surface area (Å²) < 4.78 is 0. The van der Waals surface area contributed by atoms with Gasteiger partial charge in [0.15, 0.2) is 10.9 Å². The van der Waals surface area contributed by atoms with E-state index in [1.807, 2.05) is 6.07 Å². The van der Waals surface area contributed by atoms with Crippen molar-refractivity contribution >= 4 is 57.6 Å². The number of carbonyl (C=O) groups is 2. The minimum Gasteiger partial charge on any atom is -0.332 e. The summed E-state index contributed by atoms with van der Waals surface area (Å²) in [6, 6.07) is 17.2. The fourth-order valence-corrected chi connectivity index (χ4v) is 3.28. The molecule has 0 bridgehead atoms. The Labute approximate surface area is 164 Å². The molecule has 0 radical (unpaired) electrons. The molecular formula is C19H13ClN2O2S2. The molecule has 0 atom stereocenters. The summed E-state index contributed by atoms with van der Waals surface area (Å²) >= 11 is 12.6. The van der Waals surface area contributed by atoms with E-state index in [-0.39, 0.29) is 16.8 Å². The second kappa shape index (κ2) is 8.23. The van der Waals surface area contributed by atoms with Crippen molar-refractivity contribution in [3.8, 4) is 0 Å². The zero-order valence-electron chi connectivity index (χ0n) is 13.4. The van der Waals surface area contributed by atoms with Crippen LogP contribution in [0, 0.1) is 0 Å². The van der Waals surface area contributed by atoms with E-state index in [0.717, 1.165) is 0 Å². The van der Waals surface area contributed by atoms with Crippen LogP contribution < -0.4 is 10.6 Å². The summed E-state index contributed by atoms with van der Waals surface area (Å²) in [5.41, 5.74) is 1.38. The lowest BCUT2D eigenvalue weighted by Crippen LogP contribution is -2.34. The predicted octanol–water partition coefficient (Wildman–Crippen LogP) is 4.76. The van der Waals surface area contributed by atoms with Crippen LogP contribution in [0.1, 0.15) is 25.6 Å². The lowest BCUT2D eigenvalue weighted by molar-refractivity contribution is 0.0980. The van der Waals surface area contributed by atoms with Crippen molar-refractivity contribution in [1.29, 1.82) is 0 Å². The first-order chi connectivity index (χ1) is 12.5. The molecule has 0 fully saturated rings. The molecule has 7 heteroatoms. The van der Waals surface area contributed by atoms with Gasteiger partial charge in [0.25, 0.3) is 5.91 Å². The molecule has 130 valence electrons. The predicted molar refractivity (Wildman–Crippen MR) is 109 cm³/mol. The Morgan fingerprint density at radius 2 is 1.77 bits per heavy atom. The third kappa shape index (κ3) is 4.35.